The summed E-state index contributed by atoms with van der Waals surface area (Å²) in [7, 11) is 0. The van der Waals surface area contributed by atoms with Crippen molar-refractivity contribution in [2.24, 2.45) is 5.73 Å². The van der Waals surface area contributed by atoms with Gasteiger partial charge in [-0.1, -0.05) is 31.0 Å². The lowest BCUT2D eigenvalue weighted by Gasteiger charge is -2.25. The monoisotopic (exact) mass is 338 g/mol. The molecule has 0 bridgehead atoms. The first-order valence-electron chi connectivity index (χ1n) is 9.04. The maximum Gasteiger partial charge on any atom is 0.258 e. The van der Waals surface area contributed by atoms with Crippen molar-refractivity contribution in [1.82, 2.24) is 0 Å². The topological polar surface area (TPSA) is 46.3 Å². The van der Waals surface area contributed by atoms with Gasteiger partial charge in [0.25, 0.3) is 5.91 Å². The van der Waals surface area contributed by atoms with E-state index < -0.39 is 0 Å². The Morgan fingerprint density at radius 1 is 1.16 bits per heavy atom. The van der Waals surface area contributed by atoms with Gasteiger partial charge in [-0.05, 0) is 55.6 Å². The highest BCUT2D eigenvalue weighted by molar-refractivity contribution is 6.07. The van der Waals surface area contributed by atoms with Crippen LogP contribution in [0, 0.1) is 5.82 Å². The van der Waals surface area contributed by atoms with Crippen LogP contribution in [0.3, 0.4) is 0 Å². The summed E-state index contributed by atoms with van der Waals surface area (Å²) in [5.74, 6) is -0.221. The number of hydrogen-bond acceptors (Lipinski definition) is 2. The Bertz CT molecular complexity index is 811. The molecule has 0 atom stereocenters. The van der Waals surface area contributed by atoms with Crippen LogP contribution in [0.4, 0.5) is 10.1 Å². The zero-order chi connectivity index (χ0) is 17.4. The molecule has 1 spiro atoms. The summed E-state index contributed by atoms with van der Waals surface area (Å²) in [6.45, 7) is 1.14. The third kappa shape index (κ3) is 2.65. The summed E-state index contributed by atoms with van der Waals surface area (Å²) in [4.78, 5) is 15.0. The Balaban J connectivity index is 1.73. The van der Waals surface area contributed by atoms with Crippen molar-refractivity contribution < 1.29 is 9.18 Å². The second kappa shape index (κ2) is 6.26. The van der Waals surface area contributed by atoms with Gasteiger partial charge < -0.3 is 10.6 Å². The van der Waals surface area contributed by atoms with E-state index in [0.29, 0.717) is 18.7 Å². The molecule has 1 amide bonds. The molecule has 2 N–H and O–H groups in total. The fraction of sp³-hybridized carbons (Fsp3) is 0.381. The van der Waals surface area contributed by atoms with Crippen LogP contribution in [0.2, 0.25) is 0 Å². The quantitative estimate of drug-likeness (QED) is 0.925. The van der Waals surface area contributed by atoms with E-state index in [1.165, 1.54) is 6.07 Å². The SMILES string of the molecule is NCCc1cccc(C(=O)N2CC3(CCCC3)c3c(F)cccc32)c1. The van der Waals surface area contributed by atoms with Crippen LogP contribution in [-0.4, -0.2) is 19.0 Å². The number of nitrogens with two attached hydrogens (primary N) is 1. The smallest absolute Gasteiger partial charge is 0.258 e. The average molecular weight is 338 g/mol. The van der Waals surface area contributed by atoms with Gasteiger partial charge in [0.15, 0.2) is 0 Å². The lowest BCUT2D eigenvalue weighted by atomic mass is 9.80. The molecule has 1 heterocycles. The second-order valence-corrected chi connectivity index (χ2v) is 7.25. The van der Waals surface area contributed by atoms with Crippen molar-refractivity contribution in [3.05, 3.63) is 65.0 Å². The largest absolute Gasteiger partial charge is 0.330 e. The van der Waals surface area contributed by atoms with Gasteiger partial charge in [-0.3, -0.25) is 4.79 Å². The first kappa shape index (κ1) is 16.3. The van der Waals surface area contributed by atoms with E-state index >= 15 is 0 Å². The number of benzene rings is 2. The molecular formula is C21H23FN2O. The molecular weight excluding hydrogens is 315 g/mol. The molecule has 1 fully saturated rings. The van der Waals surface area contributed by atoms with Gasteiger partial charge >= 0.3 is 0 Å². The van der Waals surface area contributed by atoms with Crippen LogP contribution < -0.4 is 10.6 Å². The number of nitrogens with zero attached hydrogens (tertiary/aromatic N) is 1. The Hall–Kier alpha value is -2.20. The minimum Gasteiger partial charge on any atom is -0.330 e. The highest BCUT2D eigenvalue weighted by atomic mass is 19.1. The molecule has 1 aliphatic carbocycles. The molecule has 3 nitrogen and oxygen atoms in total. The predicted molar refractivity (Wildman–Crippen MR) is 97.4 cm³/mol. The minimum atomic E-state index is -0.203. The lowest BCUT2D eigenvalue weighted by molar-refractivity contribution is 0.0985. The number of fused-ring (bicyclic) bond motifs is 2. The molecule has 25 heavy (non-hydrogen) atoms. The summed E-state index contributed by atoms with van der Waals surface area (Å²) in [6, 6.07) is 12.7. The van der Waals surface area contributed by atoms with Crippen LogP contribution in [0.25, 0.3) is 0 Å². The van der Waals surface area contributed by atoms with E-state index in [4.69, 9.17) is 5.73 Å². The van der Waals surface area contributed by atoms with Crippen molar-refractivity contribution in [2.75, 3.05) is 18.0 Å². The third-order valence-corrected chi connectivity index (χ3v) is 5.69. The average Bonchev–Trinajstić information content (AvgIpc) is 3.22. The molecule has 0 radical (unpaired) electrons. The number of halogens is 1. The molecule has 2 aromatic rings. The number of anilines is 1. The van der Waals surface area contributed by atoms with Crippen molar-refractivity contribution in [2.45, 2.75) is 37.5 Å². The van der Waals surface area contributed by atoms with E-state index in [2.05, 4.69) is 0 Å². The van der Waals surface area contributed by atoms with Gasteiger partial charge in [-0.2, -0.15) is 0 Å². The molecule has 0 aromatic heterocycles. The molecule has 4 rings (SSSR count). The van der Waals surface area contributed by atoms with Crippen molar-refractivity contribution in [3.63, 3.8) is 0 Å². The maximum absolute atomic E-state index is 14.6. The Morgan fingerprint density at radius 3 is 2.68 bits per heavy atom. The molecule has 1 aliphatic heterocycles. The molecule has 4 heteroatoms. The highest BCUT2D eigenvalue weighted by Gasteiger charge is 2.48. The van der Waals surface area contributed by atoms with Crippen molar-refractivity contribution in [1.29, 1.82) is 0 Å². The van der Waals surface area contributed by atoms with E-state index in [9.17, 15) is 9.18 Å². The van der Waals surface area contributed by atoms with Gasteiger partial charge in [0, 0.05) is 23.1 Å². The van der Waals surface area contributed by atoms with E-state index in [-0.39, 0.29) is 17.1 Å². The molecule has 130 valence electrons. The standard InChI is InChI=1S/C21H23FN2O/c22-17-7-4-8-18-19(17)21(10-1-2-11-21)14-24(18)20(25)16-6-3-5-15(13-16)9-12-23/h3-8,13H,1-2,9-12,14,23H2. The first-order chi connectivity index (χ1) is 12.1. The summed E-state index contributed by atoms with van der Waals surface area (Å²) in [5, 5.41) is 0. The zero-order valence-electron chi connectivity index (χ0n) is 14.3. The van der Waals surface area contributed by atoms with Crippen LogP contribution in [0.15, 0.2) is 42.5 Å². The van der Waals surface area contributed by atoms with Gasteiger partial charge in [0.1, 0.15) is 5.82 Å². The summed E-state index contributed by atoms with van der Waals surface area (Å²) >= 11 is 0. The number of amides is 1. The van der Waals surface area contributed by atoms with Crippen LogP contribution in [0.1, 0.15) is 47.2 Å². The molecule has 2 aromatic carbocycles. The van der Waals surface area contributed by atoms with Crippen molar-refractivity contribution in [3.8, 4) is 0 Å². The van der Waals surface area contributed by atoms with E-state index in [0.717, 1.165) is 48.9 Å². The number of carbonyl (C=O) groups excluding carboxylic acids is 1. The van der Waals surface area contributed by atoms with Gasteiger partial charge in [-0.15, -0.1) is 0 Å². The van der Waals surface area contributed by atoms with Gasteiger partial charge in [-0.25, -0.2) is 4.39 Å². The Morgan fingerprint density at radius 2 is 1.92 bits per heavy atom. The third-order valence-electron chi connectivity index (χ3n) is 5.69. The fourth-order valence-corrected chi connectivity index (χ4v) is 4.55. The first-order valence-corrected chi connectivity index (χ1v) is 9.04. The number of hydrogen-bond donors (Lipinski definition) is 1. The van der Waals surface area contributed by atoms with Crippen LogP contribution in [-0.2, 0) is 11.8 Å². The Kier molecular flexibility index (Phi) is 4.08. The maximum atomic E-state index is 14.6. The number of carbonyl (C=O) groups is 1. The normalized spacial score (nSPS) is 17.9. The van der Waals surface area contributed by atoms with E-state index in [1.54, 1.807) is 11.0 Å². The Labute approximate surface area is 147 Å². The van der Waals surface area contributed by atoms with Crippen molar-refractivity contribution >= 4 is 11.6 Å². The zero-order valence-corrected chi connectivity index (χ0v) is 14.3. The predicted octanol–water partition coefficient (Wildman–Crippen LogP) is 3.80. The summed E-state index contributed by atoms with van der Waals surface area (Å²) in [5.41, 5.74) is 8.63. The molecule has 2 aliphatic rings. The lowest BCUT2D eigenvalue weighted by Crippen LogP contribution is -2.35. The highest BCUT2D eigenvalue weighted by Crippen LogP contribution is 2.51. The summed E-state index contributed by atoms with van der Waals surface area (Å²) in [6.07, 6.45) is 4.86. The summed E-state index contributed by atoms with van der Waals surface area (Å²) < 4.78 is 14.6. The van der Waals surface area contributed by atoms with Crippen LogP contribution >= 0.6 is 0 Å². The van der Waals surface area contributed by atoms with E-state index in [1.807, 2.05) is 30.3 Å². The minimum absolute atomic E-state index is 0.0468. The fourth-order valence-electron chi connectivity index (χ4n) is 4.55. The molecule has 1 saturated carbocycles. The van der Waals surface area contributed by atoms with Gasteiger partial charge in [0.2, 0.25) is 0 Å². The molecule has 0 unspecified atom stereocenters. The molecule has 0 saturated heterocycles. The second-order valence-electron chi connectivity index (χ2n) is 7.25. The van der Waals surface area contributed by atoms with Gasteiger partial charge in [0.05, 0.1) is 5.69 Å². The van der Waals surface area contributed by atoms with Crippen LogP contribution in [0.5, 0.6) is 0 Å². The number of rotatable bonds is 3.